The van der Waals surface area contributed by atoms with Crippen LogP contribution in [0.1, 0.15) is 49.1 Å². The summed E-state index contributed by atoms with van der Waals surface area (Å²) >= 11 is 0. The van der Waals surface area contributed by atoms with Crippen LogP contribution in [0.2, 0.25) is 0 Å². The number of rotatable bonds is 6. The molecule has 2 aromatic rings. The second-order valence-corrected chi connectivity index (χ2v) is 8.38. The van der Waals surface area contributed by atoms with Crippen LogP contribution in [0.4, 0.5) is 0 Å². The Kier molecular flexibility index (Phi) is 6.60. The second-order valence-electron chi connectivity index (χ2n) is 8.38. The summed E-state index contributed by atoms with van der Waals surface area (Å²) in [6.45, 7) is 7.68. The van der Waals surface area contributed by atoms with Gasteiger partial charge in [-0.25, -0.2) is 0 Å². The maximum absolute atomic E-state index is 2.71. The lowest BCUT2D eigenvalue weighted by Gasteiger charge is -2.38. The van der Waals surface area contributed by atoms with Crippen LogP contribution in [0, 0.1) is 5.92 Å². The zero-order valence-electron chi connectivity index (χ0n) is 16.6. The van der Waals surface area contributed by atoms with E-state index in [4.69, 9.17) is 0 Å². The quantitative estimate of drug-likeness (QED) is 0.712. The molecule has 0 N–H and O–H groups in total. The molecule has 0 aliphatic carbocycles. The van der Waals surface area contributed by atoms with Crippen LogP contribution >= 0.6 is 0 Å². The zero-order valence-corrected chi connectivity index (χ0v) is 16.6. The number of nitrogens with zero attached hydrogens (tertiary/aromatic N) is 2. The van der Waals surface area contributed by atoms with Gasteiger partial charge in [-0.05, 0) is 68.9 Å². The Morgan fingerprint density at radius 2 is 1.11 bits per heavy atom. The van der Waals surface area contributed by atoms with Gasteiger partial charge in [0.2, 0.25) is 0 Å². The van der Waals surface area contributed by atoms with E-state index >= 15 is 0 Å². The Morgan fingerprint density at radius 3 is 1.63 bits per heavy atom. The van der Waals surface area contributed by atoms with Gasteiger partial charge in [-0.2, -0.15) is 0 Å². The fourth-order valence-electron chi connectivity index (χ4n) is 5.03. The lowest BCUT2D eigenvalue weighted by Crippen LogP contribution is -2.42. The molecule has 2 aliphatic heterocycles. The molecule has 0 spiro atoms. The van der Waals surface area contributed by atoms with Gasteiger partial charge in [-0.15, -0.1) is 0 Å². The fourth-order valence-corrected chi connectivity index (χ4v) is 5.03. The Morgan fingerprint density at radius 1 is 0.630 bits per heavy atom. The predicted octanol–water partition coefficient (Wildman–Crippen LogP) is 5.02. The molecule has 2 heteroatoms. The Bertz CT molecular complexity index is 616. The predicted molar refractivity (Wildman–Crippen MR) is 114 cm³/mol. The normalized spacial score (nSPS) is 20.2. The van der Waals surface area contributed by atoms with Gasteiger partial charge in [0.05, 0.1) is 0 Å². The van der Waals surface area contributed by atoms with Gasteiger partial charge in [0, 0.05) is 19.0 Å². The van der Waals surface area contributed by atoms with Crippen molar-refractivity contribution in [3.05, 3.63) is 71.8 Å². The Balaban J connectivity index is 1.37. The number of piperidine rings is 2. The minimum atomic E-state index is 0.539. The van der Waals surface area contributed by atoms with Gasteiger partial charge in [-0.3, -0.25) is 0 Å². The van der Waals surface area contributed by atoms with Gasteiger partial charge in [0.1, 0.15) is 0 Å². The highest BCUT2D eigenvalue weighted by atomic mass is 15.2. The first-order valence-electron chi connectivity index (χ1n) is 10.9. The van der Waals surface area contributed by atoms with Crippen LogP contribution < -0.4 is 0 Å². The van der Waals surface area contributed by atoms with Crippen molar-refractivity contribution < 1.29 is 0 Å². The fraction of sp³-hybridized carbons (Fsp3) is 0.520. The molecule has 144 valence electrons. The summed E-state index contributed by atoms with van der Waals surface area (Å²) < 4.78 is 0. The molecule has 4 rings (SSSR count). The van der Waals surface area contributed by atoms with Gasteiger partial charge in [0.25, 0.3) is 0 Å². The average molecular weight is 363 g/mol. The van der Waals surface area contributed by atoms with Gasteiger partial charge in [0.15, 0.2) is 0 Å². The zero-order chi connectivity index (χ0) is 18.3. The van der Waals surface area contributed by atoms with Crippen LogP contribution in [0.5, 0.6) is 0 Å². The molecule has 0 unspecified atom stereocenters. The minimum absolute atomic E-state index is 0.539. The maximum Gasteiger partial charge on any atom is 0.0119 e. The molecule has 2 saturated heterocycles. The van der Waals surface area contributed by atoms with E-state index in [1.165, 1.54) is 82.5 Å². The first-order valence-corrected chi connectivity index (χ1v) is 10.9. The summed E-state index contributed by atoms with van der Waals surface area (Å²) in [6, 6.07) is 22.3. The number of hydrogen-bond acceptors (Lipinski definition) is 2. The van der Waals surface area contributed by atoms with Gasteiger partial charge >= 0.3 is 0 Å². The number of likely N-dealkylation sites (tertiary alicyclic amines) is 2. The standard InChI is InChI=1S/C25H34N2/c1-4-10-22(11-5-1)25(23-12-6-2-7-13-23)24-14-18-27(19-15-24)21-20-26-16-8-3-9-17-26/h1-2,4-7,10-13,24-25H,3,8-9,14-21H2. The van der Waals surface area contributed by atoms with Crippen LogP contribution in [0.3, 0.4) is 0 Å². The first-order chi connectivity index (χ1) is 13.4. The molecule has 2 nitrogen and oxygen atoms in total. The van der Waals surface area contributed by atoms with Gasteiger partial charge in [-0.1, -0.05) is 67.1 Å². The van der Waals surface area contributed by atoms with Crippen molar-refractivity contribution in [3.63, 3.8) is 0 Å². The highest BCUT2D eigenvalue weighted by molar-refractivity contribution is 5.33. The topological polar surface area (TPSA) is 6.48 Å². The number of benzene rings is 2. The van der Waals surface area contributed by atoms with E-state index < -0.39 is 0 Å². The third-order valence-corrected chi connectivity index (χ3v) is 6.60. The molecule has 2 heterocycles. The van der Waals surface area contributed by atoms with Crippen LogP contribution in [0.15, 0.2) is 60.7 Å². The van der Waals surface area contributed by atoms with E-state index in [2.05, 4.69) is 70.5 Å². The second kappa shape index (κ2) is 9.52. The third-order valence-electron chi connectivity index (χ3n) is 6.60. The summed E-state index contributed by atoms with van der Waals surface area (Å²) in [5, 5.41) is 0. The van der Waals surface area contributed by atoms with Crippen molar-refractivity contribution in [3.8, 4) is 0 Å². The average Bonchev–Trinajstić information content (AvgIpc) is 2.76. The van der Waals surface area contributed by atoms with Crippen LogP contribution in [-0.2, 0) is 0 Å². The molecule has 0 radical (unpaired) electrons. The highest BCUT2D eigenvalue weighted by Gasteiger charge is 2.28. The highest BCUT2D eigenvalue weighted by Crippen LogP contribution is 2.37. The molecule has 0 saturated carbocycles. The summed E-state index contributed by atoms with van der Waals surface area (Å²) in [6.07, 6.45) is 6.86. The van der Waals surface area contributed by atoms with Crippen molar-refractivity contribution in [1.82, 2.24) is 9.80 Å². The summed E-state index contributed by atoms with van der Waals surface area (Å²) in [5.41, 5.74) is 2.96. The molecule has 0 amide bonds. The van der Waals surface area contributed by atoms with Crippen molar-refractivity contribution in [1.29, 1.82) is 0 Å². The Labute approximate surface area is 165 Å². The van der Waals surface area contributed by atoms with Crippen LogP contribution in [0.25, 0.3) is 0 Å². The molecule has 2 fully saturated rings. The molecule has 0 atom stereocenters. The number of hydrogen-bond donors (Lipinski definition) is 0. The SMILES string of the molecule is c1ccc(C(c2ccccc2)C2CCN(CCN3CCCCC3)CC2)cc1. The molecule has 2 aliphatic rings. The molecule has 0 bridgehead atoms. The van der Waals surface area contributed by atoms with Crippen molar-refractivity contribution >= 4 is 0 Å². The summed E-state index contributed by atoms with van der Waals surface area (Å²) in [5.74, 6) is 1.29. The summed E-state index contributed by atoms with van der Waals surface area (Å²) in [4.78, 5) is 5.38. The van der Waals surface area contributed by atoms with Crippen molar-refractivity contribution in [2.75, 3.05) is 39.3 Å². The smallest absolute Gasteiger partial charge is 0.0119 e. The van der Waals surface area contributed by atoms with Crippen molar-refractivity contribution in [2.45, 2.75) is 38.0 Å². The van der Waals surface area contributed by atoms with Gasteiger partial charge < -0.3 is 9.80 Å². The largest absolute Gasteiger partial charge is 0.302 e. The molecular formula is C25H34N2. The molecule has 0 aromatic heterocycles. The monoisotopic (exact) mass is 362 g/mol. The van der Waals surface area contributed by atoms with E-state index in [1.54, 1.807) is 0 Å². The third kappa shape index (κ3) is 5.00. The maximum atomic E-state index is 2.71. The van der Waals surface area contributed by atoms with E-state index in [-0.39, 0.29) is 0 Å². The lowest BCUT2D eigenvalue weighted by atomic mass is 9.76. The van der Waals surface area contributed by atoms with E-state index in [0.29, 0.717) is 5.92 Å². The summed E-state index contributed by atoms with van der Waals surface area (Å²) in [7, 11) is 0. The van der Waals surface area contributed by atoms with E-state index in [1.807, 2.05) is 0 Å². The molecular weight excluding hydrogens is 328 g/mol. The minimum Gasteiger partial charge on any atom is -0.302 e. The molecule has 27 heavy (non-hydrogen) atoms. The van der Waals surface area contributed by atoms with E-state index in [9.17, 15) is 0 Å². The van der Waals surface area contributed by atoms with E-state index in [0.717, 1.165) is 5.92 Å². The first kappa shape index (κ1) is 18.7. The van der Waals surface area contributed by atoms with Crippen molar-refractivity contribution in [2.24, 2.45) is 5.92 Å². The molecule has 2 aromatic carbocycles. The van der Waals surface area contributed by atoms with Crippen LogP contribution in [-0.4, -0.2) is 49.1 Å². The Hall–Kier alpha value is -1.64. The lowest BCUT2D eigenvalue weighted by molar-refractivity contribution is 0.141.